The second-order valence-electron chi connectivity index (χ2n) is 3.56. The molecule has 0 aliphatic rings. The zero-order valence-corrected chi connectivity index (χ0v) is 12.4. The predicted molar refractivity (Wildman–Crippen MR) is 78.4 cm³/mol. The molecule has 0 amide bonds. The largest absolute Gasteiger partial charge is 0.444 e. The minimum Gasteiger partial charge on any atom is -0.393 e. The zero-order chi connectivity index (χ0) is 14.4. The van der Waals surface area contributed by atoms with Crippen molar-refractivity contribution in [3.8, 4) is 29.7 Å². The quantitative estimate of drug-likeness (QED) is 0.600. The molecule has 0 spiro atoms. The van der Waals surface area contributed by atoms with Crippen LogP contribution in [0, 0.1) is 12.5 Å². The first-order valence-corrected chi connectivity index (χ1v) is 8.33. The topological polar surface area (TPSA) is 53.7 Å². The molecule has 0 saturated carbocycles. The Kier molecular flexibility index (Phi) is 4.80. The normalized spacial score (nSPS) is 13.2. The van der Waals surface area contributed by atoms with E-state index in [-0.39, 0.29) is 5.88 Å². The lowest BCUT2D eigenvalue weighted by Crippen LogP contribution is -1.99. The van der Waals surface area contributed by atoms with Crippen molar-refractivity contribution < 1.29 is 18.1 Å². The fraction of sp³-hybridized carbons (Fsp3) is 0.154. The van der Waals surface area contributed by atoms with Gasteiger partial charge in [0, 0.05) is 17.4 Å². The number of nitrogens with zero attached hydrogens (tertiary/aromatic N) is 1. The van der Waals surface area contributed by atoms with E-state index in [1.807, 2.05) is 36.4 Å². The van der Waals surface area contributed by atoms with Crippen molar-refractivity contribution in [2.24, 2.45) is 0 Å². The molecule has 2 aromatic rings. The summed E-state index contributed by atoms with van der Waals surface area (Å²) in [6, 6.07) is 11.1. The van der Waals surface area contributed by atoms with Crippen molar-refractivity contribution in [1.29, 1.82) is 0 Å². The molecule has 5 nitrogen and oxygen atoms in total. The molecule has 0 fully saturated rings. The maximum Gasteiger partial charge on any atom is 0.444 e. The van der Waals surface area contributed by atoms with Gasteiger partial charge in [0.25, 0.3) is 5.88 Å². The van der Waals surface area contributed by atoms with E-state index in [2.05, 4.69) is 5.16 Å². The fourth-order valence-corrected chi connectivity index (χ4v) is 3.03. The van der Waals surface area contributed by atoms with Gasteiger partial charge in [-0.1, -0.05) is 36.8 Å². The lowest BCUT2D eigenvalue weighted by Gasteiger charge is -2.16. The van der Waals surface area contributed by atoms with E-state index < -0.39 is 6.72 Å². The summed E-state index contributed by atoms with van der Waals surface area (Å²) in [6.45, 7) is -0.957. The summed E-state index contributed by atoms with van der Waals surface area (Å²) in [5, 5.41) is 3.78. The van der Waals surface area contributed by atoms with Crippen molar-refractivity contribution in [2.75, 3.05) is 6.61 Å². The minimum atomic E-state index is -3.04. The number of rotatable bonds is 6. The maximum atomic E-state index is 5.42. The standard InChI is InChI=1S/C13H12NO4PS/c1-3-15-19(20,16-4-2)18-13-10-12(17-14-13)11-8-6-5-7-9-11/h1,5-10H,4H2,2H3. The van der Waals surface area contributed by atoms with E-state index in [0.717, 1.165) is 5.56 Å². The van der Waals surface area contributed by atoms with Gasteiger partial charge in [0.15, 0.2) is 5.76 Å². The molecule has 1 aromatic carbocycles. The van der Waals surface area contributed by atoms with Crippen LogP contribution in [0.5, 0.6) is 5.88 Å². The highest BCUT2D eigenvalue weighted by Crippen LogP contribution is 2.49. The highest BCUT2D eigenvalue weighted by Gasteiger charge is 2.24. The van der Waals surface area contributed by atoms with Gasteiger partial charge >= 0.3 is 6.72 Å². The summed E-state index contributed by atoms with van der Waals surface area (Å²) in [7, 11) is 0. The van der Waals surface area contributed by atoms with Gasteiger partial charge in [-0.25, -0.2) is 0 Å². The van der Waals surface area contributed by atoms with E-state index >= 15 is 0 Å². The Morgan fingerprint density at radius 1 is 1.40 bits per heavy atom. The molecule has 0 N–H and O–H groups in total. The Morgan fingerprint density at radius 2 is 2.15 bits per heavy atom. The van der Waals surface area contributed by atoms with Crippen LogP contribution < -0.4 is 4.52 Å². The van der Waals surface area contributed by atoms with E-state index in [0.29, 0.717) is 12.4 Å². The van der Waals surface area contributed by atoms with Crippen LogP contribution in [-0.2, 0) is 20.9 Å². The Labute approximate surface area is 122 Å². The summed E-state index contributed by atoms with van der Waals surface area (Å²) in [4.78, 5) is 0. The first-order chi connectivity index (χ1) is 9.67. The number of hydrogen-bond acceptors (Lipinski definition) is 6. The van der Waals surface area contributed by atoms with Crippen molar-refractivity contribution in [1.82, 2.24) is 5.16 Å². The van der Waals surface area contributed by atoms with Gasteiger partial charge in [-0.3, -0.25) is 4.52 Å². The molecule has 104 valence electrons. The number of terminal acetylenes is 1. The summed E-state index contributed by atoms with van der Waals surface area (Å²) >= 11 is 5.13. The third-order valence-corrected chi connectivity index (χ3v) is 4.28. The molecule has 2 rings (SSSR count). The molecular formula is C13H12NO4PS. The monoisotopic (exact) mass is 309 g/mol. The number of benzene rings is 1. The Hall–Kier alpha value is -1.80. The van der Waals surface area contributed by atoms with E-state index in [1.165, 1.54) is 0 Å². The summed E-state index contributed by atoms with van der Waals surface area (Å²) in [6.07, 6.45) is 7.07. The Morgan fingerprint density at radius 3 is 2.80 bits per heavy atom. The molecule has 1 atom stereocenters. The second kappa shape index (κ2) is 6.58. The molecule has 1 unspecified atom stereocenters. The fourth-order valence-electron chi connectivity index (χ4n) is 1.45. The molecule has 1 heterocycles. The van der Waals surface area contributed by atoms with Gasteiger partial charge in [0.05, 0.1) is 12.7 Å². The molecular weight excluding hydrogens is 297 g/mol. The lowest BCUT2D eigenvalue weighted by atomic mass is 10.2. The van der Waals surface area contributed by atoms with E-state index in [1.54, 1.807) is 13.0 Å². The highest BCUT2D eigenvalue weighted by atomic mass is 32.5. The maximum absolute atomic E-state index is 5.42. The van der Waals surface area contributed by atoms with Crippen molar-refractivity contribution in [3.63, 3.8) is 0 Å². The summed E-state index contributed by atoms with van der Waals surface area (Å²) < 4.78 is 20.8. The van der Waals surface area contributed by atoms with Gasteiger partial charge in [-0.05, 0) is 12.1 Å². The molecule has 7 heteroatoms. The molecule has 0 aliphatic carbocycles. The minimum absolute atomic E-state index is 0.177. The van der Waals surface area contributed by atoms with Gasteiger partial charge in [-0.15, -0.1) is 0 Å². The first kappa shape index (κ1) is 14.6. The molecule has 0 aliphatic heterocycles. The van der Waals surface area contributed by atoms with Crippen LogP contribution >= 0.6 is 6.72 Å². The van der Waals surface area contributed by atoms with Crippen LogP contribution in [0.4, 0.5) is 0 Å². The smallest absolute Gasteiger partial charge is 0.393 e. The van der Waals surface area contributed by atoms with E-state index in [4.69, 9.17) is 36.3 Å². The highest BCUT2D eigenvalue weighted by molar-refractivity contribution is 8.07. The average molecular weight is 309 g/mol. The van der Waals surface area contributed by atoms with Gasteiger partial charge < -0.3 is 13.6 Å². The molecule has 1 aromatic heterocycles. The molecule has 0 bridgehead atoms. The van der Waals surface area contributed by atoms with Crippen LogP contribution in [0.3, 0.4) is 0 Å². The van der Waals surface area contributed by atoms with Crippen LogP contribution in [0.25, 0.3) is 11.3 Å². The van der Waals surface area contributed by atoms with Crippen LogP contribution in [-0.4, -0.2) is 11.8 Å². The molecule has 0 radical (unpaired) electrons. The Bertz CT molecular complexity index is 650. The third kappa shape index (κ3) is 3.61. The Balaban J connectivity index is 2.17. The van der Waals surface area contributed by atoms with Crippen LogP contribution in [0.2, 0.25) is 0 Å². The second-order valence-corrected chi connectivity index (χ2v) is 6.42. The van der Waals surface area contributed by atoms with Crippen molar-refractivity contribution in [2.45, 2.75) is 6.92 Å². The van der Waals surface area contributed by atoms with Crippen molar-refractivity contribution in [3.05, 3.63) is 36.4 Å². The van der Waals surface area contributed by atoms with Crippen molar-refractivity contribution >= 4 is 18.5 Å². The average Bonchev–Trinajstić information content (AvgIpc) is 2.88. The lowest BCUT2D eigenvalue weighted by molar-refractivity contribution is 0.259. The number of aromatic nitrogens is 1. The van der Waals surface area contributed by atoms with Gasteiger partial charge in [0.2, 0.25) is 0 Å². The first-order valence-electron chi connectivity index (χ1n) is 5.77. The SMILES string of the molecule is C#COP(=S)(OCC)Oc1cc(-c2ccccc2)on1. The van der Waals surface area contributed by atoms with Crippen LogP contribution in [0.15, 0.2) is 40.9 Å². The zero-order valence-electron chi connectivity index (χ0n) is 10.7. The molecule has 0 saturated heterocycles. The van der Waals surface area contributed by atoms with Crippen LogP contribution in [0.1, 0.15) is 6.92 Å². The predicted octanol–water partition coefficient (Wildman–Crippen LogP) is 3.59. The van der Waals surface area contributed by atoms with Gasteiger partial charge in [-0.2, -0.15) is 0 Å². The number of hydrogen-bond donors (Lipinski definition) is 0. The van der Waals surface area contributed by atoms with Gasteiger partial charge in [0.1, 0.15) is 6.11 Å². The summed E-state index contributed by atoms with van der Waals surface area (Å²) in [5.74, 6) is 0.732. The summed E-state index contributed by atoms with van der Waals surface area (Å²) in [5.41, 5.74) is 0.873. The third-order valence-electron chi connectivity index (χ3n) is 2.20. The van der Waals surface area contributed by atoms with E-state index in [9.17, 15) is 0 Å². The molecule has 20 heavy (non-hydrogen) atoms.